The zero-order valence-electron chi connectivity index (χ0n) is 8.65. The van der Waals surface area contributed by atoms with Crippen LogP contribution in [0.5, 0.6) is 5.75 Å². The fourth-order valence-electron chi connectivity index (χ4n) is 1.65. The summed E-state index contributed by atoms with van der Waals surface area (Å²) in [7, 11) is 0. The fourth-order valence-corrected chi connectivity index (χ4v) is 1.82. The minimum Gasteiger partial charge on any atom is -0.507 e. The summed E-state index contributed by atoms with van der Waals surface area (Å²) in [6, 6.07) is 12.9. The van der Waals surface area contributed by atoms with Crippen LogP contribution in [0.4, 0.5) is 0 Å². The third-order valence-electron chi connectivity index (χ3n) is 2.43. The second-order valence-electron chi connectivity index (χ2n) is 3.45. The van der Waals surface area contributed by atoms with Crippen LogP contribution in [0.2, 0.25) is 5.02 Å². The summed E-state index contributed by atoms with van der Waals surface area (Å²) in [5, 5.41) is 10.4. The molecule has 0 unspecified atom stereocenters. The molecular formula is C14H11ClO. The molecule has 0 aliphatic heterocycles. The van der Waals surface area contributed by atoms with Gasteiger partial charge in [0.1, 0.15) is 5.75 Å². The summed E-state index contributed by atoms with van der Waals surface area (Å²) in [4.78, 5) is 0. The van der Waals surface area contributed by atoms with Gasteiger partial charge in [0.2, 0.25) is 0 Å². The monoisotopic (exact) mass is 230 g/mol. The fraction of sp³-hybridized carbons (Fsp3) is 0. The molecule has 0 aromatic heterocycles. The zero-order chi connectivity index (χ0) is 11.5. The van der Waals surface area contributed by atoms with Gasteiger partial charge in [0.05, 0.1) is 0 Å². The molecule has 0 atom stereocenters. The molecule has 2 aromatic rings. The molecule has 0 saturated carbocycles. The highest BCUT2D eigenvalue weighted by atomic mass is 35.5. The van der Waals surface area contributed by atoms with Gasteiger partial charge in [0, 0.05) is 10.6 Å². The number of benzene rings is 2. The Labute approximate surface area is 99.6 Å². The van der Waals surface area contributed by atoms with Gasteiger partial charge < -0.3 is 5.11 Å². The van der Waals surface area contributed by atoms with Gasteiger partial charge in [0.15, 0.2) is 0 Å². The van der Waals surface area contributed by atoms with E-state index in [9.17, 15) is 5.11 Å². The number of phenols is 1. The third kappa shape index (κ3) is 1.95. The number of rotatable bonds is 2. The van der Waals surface area contributed by atoms with Crippen LogP contribution in [0.15, 0.2) is 49.0 Å². The Balaban J connectivity index is 2.62. The van der Waals surface area contributed by atoms with Crippen molar-refractivity contribution in [3.8, 4) is 16.9 Å². The van der Waals surface area contributed by atoms with E-state index in [0.29, 0.717) is 5.02 Å². The Kier molecular flexibility index (Phi) is 2.97. The predicted molar refractivity (Wildman–Crippen MR) is 68.6 cm³/mol. The van der Waals surface area contributed by atoms with Crippen LogP contribution >= 0.6 is 11.6 Å². The summed E-state index contributed by atoms with van der Waals surface area (Å²) >= 11 is 5.80. The average molecular weight is 231 g/mol. The molecule has 2 heteroatoms. The van der Waals surface area contributed by atoms with Crippen molar-refractivity contribution >= 4 is 17.7 Å². The van der Waals surface area contributed by atoms with Crippen molar-refractivity contribution in [3.05, 3.63) is 59.6 Å². The van der Waals surface area contributed by atoms with Crippen LogP contribution in [-0.4, -0.2) is 5.11 Å². The van der Waals surface area contributed by atoms with Crippen molar-refractivity contribution < 1.29 is 5.11 Å². The summed E-state index contributed by atoms with van der Waals surface area (Å²) in [6.07, 6.45) is 1.77. The van der Waals surface area contributed by atoms with Gasteiger partial charge in [-0.25, -0.2) is 0 Å². The molecule has 2 aromatic carbocycles. The molecule has 1 nitrogen and oxygen atoms in total. The van der Waals surface area contributed by atoms with E-state index in [1.165, 1.54) is 6.07 Å². The molecule has 16 heavy (non-hydrogen) atoms. The van der Waals surface area contributed by atoms with E-state index in [-0.39, 0.29) is 5.75 Å². The van der Waals surface area contributed by atoms with Crippen LogP contribution in [0.3, 0.4) is 0 Å². The maximum atomic E-state index is 9.85. The van der Waals surface area contributed by atoms with Gasteiger partial charge in [-0.1, -0.05) is 48.5 Å². The summed E-state index contributed by atoms with van der Waals surface area (Å²) in [5.41, 5.74) is 2.70. The zero-order valence-corrected chi connectivity index (χ0v) is 9.41. The van der Waals surface area contributed by atoms with Crippen molar-refractivity contribution in [1.29, 1.82) is 0 Å². The van der Waals surface area contributed by atoms with Crippen molar-refractivity contribution in [2.24, 2.45) is 0 Å². The lowest BCUT2D eigenvalue weighted by atomic mass is 9.99. The molecule has 0 bridgehead atoms. The lowest BCUT2D eigenvalue weighted by molar-refractivity contribution is 0.477. The minimum absolute atomic E-state index is 0.182. The van der Waals surface area contributed by atoms with Crippen LogP contribution in [0.1, 0.15) is 5.56 Å². The van der Waals surface area contributed by atoms with Crippen LogP contribution < -0.4 is 0 Å². The molecule has 0 heterocycles. The van der Waals surface area contributed by atoms with E-state index >= 15 is 0 Å². The molecule has 0 radical (unpaired) electrons. The Morgan fingerprint density at radius 2 is 1.81 bits per heavy atom. The van der Waals surface area contributed by atoms with Crippen molar-refractivity contribution in [1.82, 2.24) is 0 Å². The maximum Gasteiger partial charge on any atom is 0.124 e. The highest BCUT2D eigenvalue weighted by Crippen LogP contribution is 2.33. The second-order valence-corrected chi connectivity index (χ2v) is 3.89. The lowest BCUT2D eigenvalue weighted by Gasteiger charge is -2.08. The lowest BCUT2D eigenvalue weighted by Crippen LogP contribution is -1.83. The maximum absolute atomic E-state index is 9.85. The topological polar surface area (TPSA) is 20.2 Å². The molecule has 1 N–H and O–H groups in total. The van der Waals surface area contributed by atoms with E-state index in [1.54, 1.807) is 18.2 Å². The first-order valence-corrected chi connectivity index (χ1v) is 5.30. The predicted octanol–water partition coefficient (Wildman–Crippen LogP) is 4.36. The Morgan fingerprint density at radius 3 is 2.50 bits per heavy atom. The van der Waals surface area contributed by atoms with Crippen LogP contribution in [0, 0.1) is 0 Å². The Bertz CT molecular complexity index is 532. The first kappa shape index (κ1) is 10.8. The third-order valence-corrected chi connectivity index (χ3v) is 2.67. The number of phenolic OH excluding ortho intramolecular Hbond substituents is 1. The van der Waals surface area contributed by atoms with Crippen LogP contribution in [0.25, 0.3) is 17.2 Å². The number of aromatic hydroxyl groups is 1. The molecule has 2 rings (SSSR count). The molecule has 0 aliphatic carbocycles. The molecule has 80 valence electrons. The summed E-state index contributed by atoms with van der Waals surface area (Å²) in [6.45, 7) is 3.76. The molecule has 0 spiro atoms. The minimum atomic E-state index is 0.182. The molecule has 0 saturated heterocycles. The first-order chi connectivity index (χ1) is 7.72. The summed E-state index contributed by atoms with van der Waals surface area (Å²) in [5.74, 6) is 0.182. The van der Waals surface area contributed by atoms with Crippen molar-refractivity contribution in [2.75, 3.05) is 0 Å². The Hall–Kier alpha value is -1.73. The largest absolute Gasteiger partial charge is 0.507 e. The standard InChI is InChI=1S/C14H11ClO/c1-2-10-5-3-4-6-12(10)13-8-7-11(15)9-14(13)16/h2-9,16H,1H2. The molecule has 0 aliphatic rings. The quantitative estimate of drug-likeness (QED) is 0.813. The van der Waals surface area contributed by atoms with Gasteiger partial charge in [-0.15, -0.1) is 0 Å². The van der Waals surface area contributed by atoms with E-state index in [4.69, 9.17) is 11.6 Å². The molecular weight excluding hydrogens is 220 g/mol. The van der Waals surface area contributed by atoms with E-state index < -0.39 is 0 Å². The Morgan fingerprint density at radius 1 is 1.06 bits per heavy atom. The number of hydrogen-bond donors (Lipinski definition) is 1. The van der Waals surface area contributed by atoms with E-state index in [0.717, 1.165) is 16.7 Å². The normalized spacial score (nSPS) is 10.1. The summed E-state index contributed by atoms with van der Waals surface area (Å²) < 4.78 is 0. The number of hydrogen-bond acceptors (Lipinski definition) is 1. The van der Waals surface area contributed by atoms with E-state index in [2.05, 4.69) is 6.58 Å². The smallest absolute Gasteiger partial charge is 0.124 e. The van der Waals surface area contributed by atoms with Crippen molar-refractivity contribution in [3.63, 3.8) is 0 Å². The first-order valence-electron chi connectivity index (χ1n) is 4.92. The van der Waals surface area contributed by atoms with Gasteiger partial charge in [-0.3, -0.25) is 0 Å². The van der Waals surface area contributed by atoms with Gasteiger partial charge in [0.25, 0.3) is 0 Å². The van der Waals surface area contributed by atoms with Crippen LogP contribution in [-0.2, 0) is 0 Å². The number of halogens is 1. The van der Waals surface area contributed by atoms with Gasteiger partial charge in [-0.2, -0.15) is 0 Å². The highest BCUT2D eigenvalue weighted by Gasteiger charge is 2.07. The van der Waals surface area contributed by atoms with E-state index in [1.807, 2.05) is 24.3 Å². The van der Waals surface area contributed by atoms with Gasteiger partial charge >= 0.3 is 0 Å². The molecule has 0 fully saturated rings. The SMILES string of the molecule is C=Cc1ccccc1-c1ccc(Cl)cc1O. The highest BCUT2D eigenvalue weighted by molar-refractivity contribution is 6.30. The second kappa shape index (κ2) is 4.42. The average Bonchev–Trinajstić information content (AvgIpc) is 2.29. The van der Waals surface area contributed by atoms with Gasteiger partial charge in [-0.05, 0) is 29.3 Å². The van der Waals surface area contributed by atoms with Crippen molar-refractivity contribution in [2.45, 2.75) is 0 Å². The molecule has 0 amide bonds.